The minimum atomic E-state index is 0.615. The molecule has 1 saturated heterocycles. The fraction of sp³-hybridized carbons (Fsp3) is 1.00. The molecule has 0 saturated carbocycles. The van der Waals surface area contributed by atoms with Crippen molar-refractivity contribution in [3.8, 4) is 0 Å². The molecule has 0 N–H and O–H groups in total. The van der Waals surface area contributed by atoms with Gasteiger partial charge in [-0.2, -0.15) is 0 Å². The first-order valence-corrected chi connectivity index (χ1v) is 4.80. The average molecular weight is 132 g/mol. The molecule has 1 aliphatic rings. The third-order valence-corrected chi connectivity index (χ3v) is 2.60. The molecule has 0 radical (unpaired) electrons. The van der Waals surface area contributed by atoms with Crippen LogP contribution in [0.2, 0.25) is 0 Å². The molecule has 1 aliphatic heterocycles. The molecule has 0 aromatic carbocycles. The maximum atomic E-state index is 5.44. The van der Waals surface area contributed by atoms with Crippen molar-refractivity contribution in [2.24, 2.45) is 0 Å². The Kier molecular flexibility index (Phi) is 2.78. The van der Waals surface area contributed by atoms with E-state index >= 15 is 0 Å². The lowest BCUT2D eigenvalue weighted by Crippen LogP contribution is -2.13. The van der Waals surface area contributed by atoms with Crippen LogP contribution in [0.15, 0.2) is 0 Å². The van der Waals surface area contributed by atoms with Gasteiger partial charge in [0, 0.05) is 6.61 Å². The summed E-state index contributed by atoms with van der Waals surface area (Å²) in [6.07, 6.45) is 3.96. The number of rotatable bonds is 1. The number of hydrogen-bond donors (Lipinski definition) is 0. The Hall–Kier alpha value is 0.390. The van der Waals surface area contributed by atoms with Gasteiger partial charge >= 0.3 is 0 Å². The summed E-state index contributed by atoms with van der Waals surface area (Å²) < 4.78 is 5.44. The van der Waals surface area contributed by atoms with E-state index in [4.69, 9.17) is 4.74 Å². The smallest absolute Gasteiger partial charge is 0.0734 e. The normalized spacial score (nSPS) is 31.9. The van der Waals surface area contributed by atoms with Gasteiger partial charge in [-0.05, 0) is 25.9 Å². The molecular weight excluding hydrogens is 119 g/mol. The van der Waals surface area contributed by atoms with Gasteiger partial charge in [-0.1, -0.05) is 8.58 Å². The lowest BCUT2D eigenvalue weighted by Gasteiger charge is -2.20. The lowest BCUT2D eigenvalue weighted by atomic mass is 10.2. The summed E-state index contributed by atoms with van der Waals surface area (Å²) >= 11 is 0. The summed E-state index contributed by atoms with van der Waals surface area (Å²) in [7, 11) is 0.985. The van der Waals surface area contributed by atoms with E-state index in [-0.39, 0.29) is 0 Å². The van der Waals surface area contributed by atoms with Crippen LogP contribution in [0.1, 0.15) is 19.3 Å². The van der Waals surface area contributed by atoms with Crippen LogP contribution in [0.25, 0.3) is 0 Å². The Morgan fingerprint density at radius 1 is 1.50 bits per heavy atom. The van der Waals surface area contributed by atoms with E-state index in [0.717, 1.165) is 15.2 Å². The van der Waals surface area contributed by atoms with Crippen molar-refractivity contribution in [1.29, 1.82) is 0 Å². The first kappa shape index (κ1) is 6.51. The molecule has 1 nitrogen and oxygen atoms in total. The molecule has 0 bridgehead atoms. The van der Waals surface area contributed by atoms with Gasteiger partial charge in [0.1, 0.15) is 0 Å². The zero-order valence-corrected chi connectivity index (χ0v) is 6.31. The average Bonchev–Trinajstić information content (AvgIpc) is 1.90. The van der Waals surface area contributed by atoms with Crippen LogP contribution in [0.4, 0.5) is 0 Å². The van der Waals surface area contributed by atoms with Gasteiger partial charge in [0.15, 0.2) is 0 Å². The molecule has 0 aromatic rings. The highest BCUT2D eigenvalue weighted by Gasteiger charge is 2.09. The number of ether oxygens (including phenoxy) is 1. The van der Waals surface area contributed by atoms with Crippen LogP contribution in [0, 0.1) is 0 Å². The van der Waals surface area contributed by atoms with E-state index in [0.29, 0.717) is 5.85 Å². The molecule has 48 valence electrons. The number of hydrogen-bond acceptors (Lipinski definition) is 1. The van der Waals surface area contributed by atoms with Crippen LogP contribution >= 0.6 is 8.58 Å². The van der Waals surface area contributed by atoms with E-state index in [1.807, 2.05) is 0 Å². The minimum Gasteiger partial charge on any atom is -0.374 e. The van der Waals surface area contributed by atoms with Crippen LogP contribution < -0.4 is 0 Å². The van der Waals surface area contributed by atoms with Crippen molar-refractivity contribution >= 4 is 8.58 Å². The second-order valence-corrected chi connectivity index (χ2v) is 3.37. The van der Waals surface area contributed by atoms with Gasteiger partial charge in [0.05, 0.1) is 5.85 Å². The first-order chi connectivity index (χ1) is 3.93. The molecule has 2 unspecified atom stereocenters. The summed E-state index contributed by atoms with van der Waals surface area (Å²) in [5, 5.41) is 0. The Morgan fingerprint density at radius 3 is 2.75 bits per heavy atom. The summed E-state index contributed by atoms with van der Waals surface area (Å²) in [6.45, 7) is 3.22. The fourth-order valence-corrected chi connectivity index (χ4v) is 1.75. The zero-order valence-electron chi connectivity index (χ0n) is 5.31. The van der Waals surface area contributed by atoms with Crippen molar-refractivity contribution < 1.29 is 4.74 Å². The van der Waals surface area contributed by atoms with Gasteiger partial charge in [-0.15, -0.1) is 0 Å². The van der Waals surface area contributed by atoms with Crippen molar-refractivity contribution in [2.75, 3.05) is 13.3 Å². The van der Waals surface area contributed by atoms with Gasteiger partial charge in [-0.3, -0.25) is 0 Å². The standard InChI is InChI=1S/C6H13OP/c1-8-6-4-2-3-5-7-6/h6,8H,2-5H2,1H3. The maximum absolute atomic E-state index is 5.44. The Bertz CT molecular complexity index is 59.5. The van der Waals surface area contributed by atoms with Gasteiger partial charge in [0.25, 0.3) is 0 Å². The van der Waals surface area contributed by atoms with E-state index < -0.39 is 0 Å². The fourth-order valence-electron chi connectivity index (χ4n) is 0.968. The zero-order chi connectivity index (χ0) is 5.82. The molecule has 2 atom stereocenters. The minimum absolute atomic E-state index is 0.615. The third kappa shape index (κ3) is 1.72. The Morgan fingerprint density at radius 2 is 2.38 bits per heavy atom. The van der Waals surface area contributed by atoms with Gasteiger partial charge < -0.3 is 4.74 Å². The molecule has 0 amide bonds. The SMILES string of the molecule is CPC1CCCCO1. The van der Waals surface area contributed by atoms with E-state index in [1.165, 1.54) is 19.3 Å². The second-order valence-electron chi connectivity index (χ2n) is 2.14. The van der Waals surface area contributed by atoms with Crippen molar-refractivity contribution in [3.63, 3.8) is 0 Å². The second kappa shape index (κ2) is 3.42. The summed E-state index contributed by atoms with van der Waals surface area (Å²) in [5.41, 5.74) is 0. The van der Waals surface area contributed by atoms with E-state index in [9.17, 15) is 0 Å². The molecule has 0 spiro atoms. The maximum Gasteiger partial charge on any atom is 0.0734 e. The highest BCUT2D eigenvalue weighted by atomic mass is 31.1. The van der Waals surface area contributed by atoms with Crippen molar-refractivity contribution in [2.45, 2.75) is 25.1 Å². The van der Waals surface area contributed by atoms with Crippen LogP contribution in [-0.2, 0) is 4.74 Å². The molecule has 8 heavy (non-hydrogen) atoms. The highest BCUT2D eigenvalue weighted by Crippen LogP contribution is 2.24. The summed E-state index contributed by atoms with van der Waals surface area (Å²) in [4.78, 5) is 0. The van der Waals surface area contributed by atoms with E-state index in [2.05, 4.69) is 6.66 Å². The van der Waals surface area contributed by atoms with Crippen molar-refractivity contribution in [1.82, 2.24) is 0 Å². The third-order valence-electron chi connectivity index (χ3n) is 1.50. The summed E-state index contributed by atoms with van der Waals surface area (Å²) in [5.74, 6) is 0.615. The largest absolute Gasteiger partial charge is 0.374 e. The molecule has 2 heteroatoms. The Balaban J connectivity index is 2.13. The van der Waals surface area contributed by atoms with Gasteiger partial charge in [0.2, 0.25) is 0 Å². The molecular formula is C6H13OP. The molecule has 1 fully saturated rings. The summed E-state index contributed by atoms with van der Waals surface area (Å²) in [6, 6.07) is 0. The molecule has 1 rings (SSSR count). The van der Waals surface area contributed by atoms with Crippen molar-refractivity contribution in [3.05, 3.63) is 0 Å². The lowest BCUT2D eigenvalue weighted by molar-refractivity contribution is 0.0708. The Labute approximate surface area is 52.6 Å². The van der Waals surface area contributed by atoms with Gasteiger partial charge in [-0.25, -0.2) is 0 Å². The topological polar surface area (TPSA) is 9.23 Å². The predicted molar refractivity (Wildman–Crippen MR) is 37.8 cm³/mol. The van der Waals surface area contributed by atoms with Crippen LogP contribution in [0.3, 0.4) is 0 Å². The van der Waals surface area contributed by atoms with Crippen LogP contribution in [0.5, 0.6) is 0 Å². The predicted octanol–water partition coefficient (Wildman–Crippen LogP) is 1.82. The highest BCUT2D eigenvalue weighted by molar-refractivity contribution is 7.37. The first-order valence-electron chi connectivity index (χ1n) is 3.22. The molecule has 0 aromatic heterocycles. The molecule has 0 aliphatic carbocycles. The quantitative estimate of drug-likeness (QED) is 0.494. The molecule has 1 heterocycles. The monoisotopic (exact) mass is 132 g/mol. The van der Waals surface area contributed by atoms with Crippen LogP contribution in [-0.4, -0.2) is 19.1 Å². The van der Waals surface area contributed by atoms with E-state index in [1.54, 1.807) is 0 Å².